The Kier molecular flexibility index (Phi) is 5.70. The van der Waals surface area contributed by atoms with E-state index in [9.17, 15) is 24.6 Å². The lowest BCUT2D eigenvalue weighted by Gasteiger charge is -2.60. The van der Waals surface area contributed by atoms with E-state index in [4.69, 9.17) is 4.74 Å². The first kappa shape index (κ1) is 22.7. The minimum atomic E-state index is -1.59. The van der Waals surface area contributed by atoms with E-state index in [1.54, 1.807) is 6.08 Å². The Morgan fingerprint density at radius 3 is 2.65 bits per heavy atom. The number of hydrogen-bond donors (Lipinski definition) is 2. The van der Waals surface area contributed by atoms with Crippen LogP contribution in [0.25, 0.3) is 0 Å². The third-order valence-electron chi connectivity index (χ3n) is 9.33. The van der Waals surface area contributed by atoms with Crippen LogP contribution < -0.4 is 0 Å². The summed E-state index contributed by atoms with van der Waals surface area (Å²) in [7, 11) is 0. The average Bonchev–Trinajstić information content (AvgIpc) is 2.98. The molecule has 31 heavy (non-hydrogen) atoms. The van der Waals surface area contributed by atoms with Crippen LogP contribution in [0.2, 0.25) is 0 Å². The summed E-state index contributed by atoms with van der Waals surface area (Å²) in [5.74, 6) is -0.323. The zero-order valence-corrected chi connectivity index (χ0v) is 19.0. The van der Waals surface area contributed by atoms with Crippen molar-refractivity contribution in [2.45, 2.75) is 90.3 Å². The largest absolute Gasteiger partial charge is 0.458 e. The summed E-state index contributed by atoms with van der Waals surface area (Å²) < 4.78 is 5.13. The molecule has 2 N–H and O–H groups in total. The molecule has 4 aliphatic carbocycles. The van der Waals surface area contributed by atoms with Gasteiger partial charge in [-0.3, -0.25) is 14.4 Å². The van der Waals surface area contributed by atoms with Crippen LogP contribution in [0.4, 0.5) is 0 Å². The van der Waals surface area contributed by atoms with E-state index in [0.717, 1.165) is 25.7 Å². The van der Waals surface area contributed by atoms with Gasteiger partial charge >= 0.3 is 5.97 Å². The van der Waals surface area contributed by atoms with Crippen molar-refractivity contribution in [3.63, 3.8) is 0 Å². The molecular weight excluding hydrogens is 396 g/mol. The van der Waals surface area contributed by atoms with Crippen molar-refractivity contribution in [2.75, 3.05) is 6.61 Å². The number of aliphatic hydroxyl groups is 2. The fourth-order valence-electron chi connectivity index (χ4n) is 7.69. The van der Waals surface area contributed by atoms with Crippen LogP contribution in [0.1, 0.15) is 78.6 Å². The summed E-state index contributed by atoms with van der Waals surface area (Å²) >= 11 is 0. The highest BCUT2D eigenvalue weighted by molar-refractivity contribution is 5.92. The number of rotatable bonds is 5. The van der Waals surface area contributed by atoms with Gasteiger partial charge in [0.15, 0.2) is 12.4 Å². The number of ketones is 2. The number of carbonyl (C=O) groups is 3. The minimum absolute atomic E-state index is 0.0403. The topological polar surface area (TPSA) is 101 Å². The van der Waals surface area contributed by atoms with Gasteiger partial charge in [-0.05, 0) is 74.2 Å². The Labute approximate surface area is 184 Å². The van der Waals surface area contributed by atoms with Crippen LogP contribution in [0.3, 0.4) is 0 Å². The predicted octanol–water partition coefficient (Wildman–Crippen LogP) is 3.13. The average molecular weight is 433 g/mol. The molecule has 0 amide bonds. The van der Waals surface area contributed by atoms with Crippen molar-refractivity contribution >= 4 is 17.5 Å². The first-order valence-electron chi connectivity index (χ1n) is 11.9. The molecule has 6 heteroatoms. The highest BCUT2D eigenvalue weighted by Gasteiger charge is 2.68. The second-order valence-electron chi connectivity index (χ2n) is 10.8. The van der Waals surface area contributed by atoms with Gasteiger partial charge in [-0.2, -0.15) is 0 Å². The molecule has 3 saturated carbocycles. The predicted molar refractivity (Wildman–Crippen MR) is 114 cm³/mol. The molecule has 0 spiro atoms. The smallest absolute Gasteiger partial charge is 0.306 e. The summed E-state index contributed by atoms with van der Waals surface area (Å²) in [6.07, 6.45) is 6.46. The maximum absolute atomic E-state index is 13.1. The second kappa shape index (κ2) is 7.80. The quantitative estimate of drug-likeness (QED) is 0.648. The summed E-state index contributed by atoms with van der Waals surface area (Å²) in [6.45, 7) is 5.59. The zero-order chi connectivity index (χ0) is 22.6. The number of allylic oxidation sites excluding steroid dienone is 1. The van der Waals surface area contributed by atoms with Crippen molar-refractivity contribution in [3.05, 3.63) is 11.6 Å². The summed E-state index contributed by atoms with van der Waals surface area (Å²) in [6, 6.07) is 0. The molecule has 0 unspecified atom stereocenters. The highest BCUT2D eigenvalue weighted by Crippen LogP contribution is 2.67. The lowest BCUT2D eigenvalue weighted by atomic mass is 9.45. The van der Waals surface area contributed by atoms with E-state index < -0.39 is 35.5 Å². The van der Waals surface area contributed by atoms with Gasteiger partial charge in [0.2, 0.25) is 5.78 Å². The van der Waals surface area contributed by atoms with E-state index in [2.05, 4.69) is 6.92 Å². The molecule has 0 saturated heterocycles. The van der Waals surface area contributed by atoms with Gasteiger partial charge in [-0.15, -0.1) is 0 Å². The van der Waals surface area contributed by atoms with Crippen molar-refractivity contribution in [3.8, 4) is 0 Å². The monoisotopic (exact) mass is 432 g/mol. The molecule has 0 aromatic heterocycles. The first-order valence-corrected chi connectivity index (χ1v) is 11.9. The number of fused-ring (bicyclic) bond motifs is 5. The molecule has 4 aliphatic rings. The summed E-state index contributed by atoms with van der Waals surface area (Å²) in [5, 5.41) is 23.0. The van der Waals surface area contributed by atoms with Gasteiger partial charge in [0, 0.05) is 18.3 Å². The maximum Gasteiger partial charge on any atom is 0.306 e. The van der Waals surface area contributed by atoms with Crippen molar-refractivity contribution in [2.24, 2.45) is 28.6 Å². The molecule has 0 aliphatic heterocycles. The molecule has 0 aromatic carbocycles. The molecule has 3 fully saturated rings. The van der Waals surface area contributed by atoms with Crippen LogP contribution >= 0.6 is 0 Å². The summed E-state index contributed by atoms with van der Waals surface area (Å²) in [4.78, 5) is 36.8. The van der Waals surface area contributed by atoms with Crippen LogP contribution in [-0.2, 0) is 19.1 Å². The van der Waals surface area contributed by atoms with Gasteiger partial charge in [0.05, 0.1) is 6.10 Å². The molecular formula is C25H36O6. The van der Waals surface area contributed by atoms with Gasteiger partial charge in [0.1, 0.15) is 5.60 Å². The Morgan fingerprint density at radius 1 is 1.19 bits per heavy atom. The lowest BCUT2D eigenvalue weighted by Crippen LogP contribution is -2.62. The van der Waals surface area contributed by atoms with Crippen LogP contribution in [0.5, 0.6) is 0 Å². The van der Waals surface area contributed by atoms with Crippen LogP contribution in [0, 0.1) is 28.6 Å². The summed E-state index contributed by atoms with van der Waals surface area (Å²) in [5.41, 5.74) is -1.36. The third-order valence-corrected chi connectivity index (χ3v) is 9.33. The molecule has 0 bridgehead atoms. The van der Waals surface area contributed by atoms with E-state index in [0.29, 0.717) is 25.7 Å². The maximum atomic E-state index is 13.1. The van der Waals surface area contributed by atoms with Gasteiger partial charge < -0.3 is 14.9 Å². The van der Waals surface area contributed by atoms with Gasteiger partial charge in [-0.1, -0.05) is 26.3 Å². The zero-order valence-electron chi connectivity index (χ0n) is 19.0. The molecule has 6 nitrogen and oxygen atoms in total. The fraction of sp³-hybridized carbons (Fsp3) is 0.800. The number of ether oxygens (including phenoxy) is 1. The highest BCUT2D eigenvalue weighted by atomic mass is 16.5. The lowest BCUT2D eigenvalue weighted by molar-refractivity contribution is -0.184. The van der Waals surface area contributed by atoms with Crippen LogP contribution in [0.15, 0.2) is 11.6 Å². The Hall–Kier alpha value is -1.53. The molecule has 0 aromatic rings. The molecule has 4 rings (SSSR count). The van der Waals surface area contributed by atoms with Crippen molar-refractivity contribution in [1.29, 1.82) is 0 Å². The third kappa shape index (κ3) is 3.32. The SMILES string of the molecule is CCCC(=O)OCC(=O)[C@]1(O)CC[C@H]2[C@@H]3CCC4=CC(=O)CC[C@]4(C)[C@H]3[C@@H](O)C[C@]21C. The van der Waals surface area contributed by atoms with E-state index in [1.165, 1.54) is 5.57 Å². The Morgan fingerprint density at radius 2 is 1.94 bits per heavy atom. The van der Waals surface area contributed by atoms with Gasteiger partial charge in [0.25, 0.3) is 0 Å². The second-order valence-corrected chi connectivity index (χ2v) is 10.8. The van der Waals surface area contributed by atoms with Crippen LogP contribution in [-0.4, -0.2) is 46.1 Å². The molecule has 172 valence electrons. The molecule has 0 heterocycles. The first-order chi connectivity index (χ1) is 14.6. The number of aliphatic hydroxyl groups excluding tert-OH is 1. The number of esters is 1. The standard InChI is InChI=1S/C25H36O6/c1-4-5-21(29)31-14-20(28)25(30)11-9-18-17-7-6-15-12-16(26)8-10-23(15,2)22(17)19(27)13-24(18,25)3/h12,17-19,22,27,30H,4-11,13-14H2,1-3H3/t17-,18-,19-,22+,23-,24+,25+/m0/s1. The normalized spacial score (nSPS) is 44.0. The number of carbonyl (C=O) groups excluding carboxylic acids is 3. The van der Waals surface area contributed by atoms with E-state index in [1.807, 2.05) is 13.8 Å². The number of hydrogen-bond acceptors (Lipinski definition) is 6. The molecule has 7 atom stereocenters. The van der Waals surface area contributed by atoms with E-state index >= 15 is 0 Å². The van der Waals surface area contributed by atoms with E-state index in [-0.39, 0.29) is 35.4 Å². The van der Waals surface area contributed by atoms with Gasteiger partial charge in [-0.25, -0.2) is 0 Å². The van der Waals surface area contributed by atoms with Crippen molar-refractivity contribution < 1.29 is 29.3 Å². The van der Waals surface area contributed by atoms with Crippen molar-refractivity contribution in [1.82, 2.24) is 0 Å². The molecule has 0 radical (unpaired) electrons. The minimum Gasteiger partial charge on any atom is -0.458 e. The number of Topliss-reactive ketones (excluding diaryl/α,β-unsaturated/α-hetero) is 1. The Bertz CT molecular complexity index is 817. The Balaban J connectivity index is 1.59. The fourth-order valence-corrected chi connectivity index (χ4v) is 7.69.